The summed E-state index contributed by atoms with van der Waals surface area (Å²) < 4.78 is 5.30. The van der Waals surface area contributed by atoms with Crippen molar-refractivity contribution in [2.75, 3.05) is 18.6 Å². The molecule has 0 aromatic heterocycles. The molecule has 0 fully saturated rings. The van der Waals surface area contributed by atoms with E-state index in [2.05, 4.69) is 6.92 Å². The van der Waals surface area contributed by atoms with Crippen molar-refractivity contribution in [3.05, 3.63) is 23.8 Å². The number of benzene rings is 1. The first-order valence-corrected chi connectivity index (χ1v) is 6.69. The average Bonchev–Trinajstić information content (AvgIpc) is 2.44. The Hall–Kier alpha value is -1.84. The summed E-state index contributed by atoms with van der Waals surface area (Å²) in [6, 6.07) is 5.34. The van der Waals surface area contributed by atoms with Crippen molar-refractivity contribution < 1.29 is 14.3 Å². The van der Waals surface area contributed by atoms with E-state index in [0.29, 0.717) is 36.4 Å². The lowest BCUT2D eigenvalue weighted by atomic mass is 9.99. The number of para-hydroxylation sites is 1. The fourth-order valence-corrected chi connectivity index (χ4v) is 2.36. The largest absolute Gasteiger partial charge is 0.495 e. The van der Waals surface area contributed by atoms with Crippen molar-refractivity contribution >= 4 is 17.4 Å². The van der Waals surface area contributed by atoms with Crippen LogP contribution in [0.5, 0.6) is 5.75 Å². The molecule has 0 bridgehead atoms. The maximum atomic E-state index is 12.3. The second kappa shape index (κ2) is 5.87. The molecule has 102 valence electrons. The molecule has 0 radical (unpaired) electrons. The first kappa shape index (κ1) is 13.6. The van der Waals surface area contributed by atoms with Crippen LogP contribution in [-0.4, -0.2) is 25.3 Å². The number of nitrogens with zero attached hydrogens (tertiary/aromatic N) is 1. The number of carbonyl (C=O) groups is 2. The van der Waals surface area contributed by atoms with Crippen molar-refractivity contribution in [2.45, 2.75) is 32.6 Å². The molecule has 1 aromatic carbocycles. The number of hydrogen-bond acceptors (Lipinski definition) is 3. The molecule has 1 aliphatic rings. The van der Waals surface area contributed by atoms with Crippen LogP contribution in [0.25, 0.3) is 0 Å². The summed E-state index contributed by atoms with van der Waals surface area (Å²) in [4.78, 5) is 25.9. The molecule has 2 rings (SSSR count). The van der Waals surface area contributed by atoms with Gasteiger partial charge in [-0.15, -0.1) is 0 Å². The molecular formula is C15H19NO3. The Balaban J connectivity index is 2.38. The predicted octanol–water partition coefficient (Wildman–Crippen LogP) is 2.80. The lowest BCUT2D eigenvalue weighted by Crippen LogP contribution is -2.37. The van der Waals surface area contributed by atoms with E-state index in [1.807, 2.05) is 0 Å². The van der Waals surface area contributed by atoms with Gasteiger partial charge >= 0.3 is 0 Å². The predicted molar refractivity (Wildman–Crippen MR) is 73.8 cm³/mol. The van der Waals surface area contributed by atoms with Gasteiger partial charge in [-0.3, -0.25) is 9.59 Å². The van der Waals surface area contributed by atoms with Gasteiger partial charge in [-0.25, -0.2) is 0 Å². The van der Waals surface area contributed by atoms with E-state index in [1.54, 1.807) is 30.2 Å². The maximum Gasteiger partial charge on any atom is 0.227 e. The average molecular weight is 261 g/mol. The second-order valence-electron chi connectivity index (χ2n) is 4.68. The number of methoxy groups -OCH3 is 1. The van der Waals surface area contributed by atoms with Crippen molar-refractivity contribution in [1.82, 2.24) is 0 Å². The number of anilines is 1. The molecule has 1 aromatic rings. The van der Waals surface area contributed by atoms with Gasteiger partial charge in [0.1, 0.15) is 5.75 Å². The first-order valence-electron chi connectivity index (χ1n) is 6.69. The summed E-state index contributed by atoms with van der Waals surface area (Å²) in [7, 11) is 1.56. The lowest BCUT2D eigenvalue weighted by Gasteiger charge is -2.30. The zero-order chi connectivity index (χ0) is 13.8. The van der Waals surface area contributed by atoms with Gasteiger partial charge in [0.2, 0.25) is 5.91 Å². The van der Waals surface area contributed by atoms with Crippen LogP contribution in [-0.2, 0) is 4.79 Å². The van der Waals surface area contributed by atoms with Gasteiger partial charge in [-0.05, 0) is 18.6 Å². The minimum Gasteiger partial charge on any atom is -0.495 e. The van der Waals surface area contributed by atoms with Gasteiger partial charge < -0.3 is 9.64 Å². The van der Waals surface area contributed by atoms with Crippen LogP contribution in [0.2, 0.25) is 0 Å². The normalized spacial score (nSPS) is 14.2. The van der Waals surface area contributed by atoms with Crippen molar-refractivity contribution in [3.63, 3.8) is 0 Å². The summed E-state index contributed by atoms with van der Waals surface area (Å²) in [6.45, 7) is 2.51. The number of Topliss-reactive ketones (excluding diaryl/α,β-unsaturated/α-hetero) is 1. The highest BCUT2D eigenvalue weighted by Gasteiger charge is 2.29. The van der Waals surface area contributed by atoms with Crippen LogP contribution in [0.3, 0.4) is 0 Å². The molecule has 0 atom stereocenters. The Morgan fingerprint density at radius 3 is 2.89 bits per heavy atom. The first-order chi connectivity index (χ1) is 9.19. The molecule has 0 saturated heterocycles. The standard InChI is InChI=1S/C15H19NO3/c1-3-4-8-14(18)16-10-9-12(17)11-6-5-7-13(19-2)15(11)16/h5-7H,3-4,8-10H2,1-2H3. The molecule has 0 N–H and O–H groups in total. The van der Waals surface area contributed by atoms with Crippen LogP contribution in [0.1, 0.15) is 43.0 Å². The van der Waals surface area contributed by atoms with Gasteiger partial charge in [0.25, 0.3) is 0 Å². The van der Waals surface area contributed by atoms with Crippen molar-refractivity contribution in [2.24, 2.45) is 0 Å². The fraction of sp³-hybridized carbons (Fsp3) is 0.467. The number of unbranched alkanes of at least 4 members (excludes halogenated alkanes) is 1. The highest BCUT2D eigenvalue weighted by molar-refractivity contribution is 6.10. The van der Waals surface area contributed by atoms with Gasteiger partial charge in [-0.2, -0.15) is 0 Å². The second-order valence-corrected chi connectivity index (χ2v) is 4.68. The van der Waals surface area contributed by atoms with Crippen LogP contribution >= 0.6 is 0 Å². The lowest BCUT2D eigenvalue weighted by molar-refractivity contribution is -0.118. The molecule has 0 saturated carbocycles. The Bertz CT molecular complexity index is 496. The van der Waals surface area contributed by atoms with Gasteiger partial charge in [-0.1, -0.05) is 19.4 Å². The molecule has 4 nitrogen and oxygen atoms in total. The molecule has 1 heterocycles. The van der Waals surface area contributed by atoms with Crippen molar-refractivity contribution in [3.8, 4) is 5.75 Å². The third-order valence-electron chi connectivity index (χ3n) is 3.40. The third-order valence-corrected chi connectivity index (χ3v) is 3.40. The summed E-state index contributed by atoms with van der Waals surface area (Å²) in [5.41, 5.74) is 1.23. The van der Waals surface area contributed by atoms with Gasteiger partial charge in [0.05, 0.1) is 12.8 Å². The summed E-state index contributed by atoms with van der Waals surface area (Å²) in [5.74, 6) is 0.740. The number of fused-ring (bicyclic) bond motifs is 1. The van der Waals surface area contributed by atoms with E-state index < -0.39 is 0 Å². The van der Waals surface area contributed by atoms with E-state index >= 15 is 0 Å². The Labute approximate surface area is 113 Å². The van der Waals surface area contributed by atoms with E-state index in [9.17, 15) is 9.59 Å². The molecular weight excluding hydrogens is 242 g/mol. The third kappa shape index (κ3) is 2.62. The van der Waals surface area contributed by atoms with E-state index in [-0.39, 0.29) is 11.7 Å². The number of ether oxygens (including phenoxy) is 1. The Morgan fingerprint density at radius 1 is 1.42 bits per heavy atom. The van der Waals surface area contributed by atoms with E-state index in [1.165, 1.54) is 0 Å². The summed E-state index contributed by atoms with van der Waals surface area (Å²) in [6.07, 6.45) is 2.76. The highest BCUT2D eigenvalue weighted by Crippen LogP contribution is 2.36. The van der Waals surface area contributed by atoms with Gasteiger partial charge in [0.15, 0.2) is 5.78 Å². The SMILES string of the molecule is CCCCC(=O)N1CCC(=O)c2cccc(OC)c21. The molecule has 4 heteroatoms. The fourth-order valence-electron chi connectivity index (χ4n) is 2.36. The maximum absolute atomic E-state index is 12.3. The molecule has 1 aliphatic heterocycles. The Morgan fingerprint density at radius 2 is 2.21 bits per heavy atom. The molecule has 0 spiro atoms. The minimum atomic E-state index is 0.0695. The van der Waals surface area contributed by atoms with Crippen LogP contribution in [0.15, 0.2) is 18.2 Å². The van der Waals surface area contributed by atoms with Crippen LogP contribution < -0.4 is 9.64 Å². The smallest absolute Gasteiger partial charge is 0.227 e. The summed E-state index contributed by atoms with van der Waals surface area (Å²) in [5, 5.41) is 0. The highest BCUT2D eigenvalue weighted by atomic mass is 16.5. The molecule has 1 amide bonds. The van der Waals surface area contributed by atoms with Crippen LogP contribution in [0, 0.1) is 0 Å². The topological polar surface area (TPSA) is 46.6 Å². The number of hydrogen-bond donors (Lipinski definition) is 0. The van der Waals surface area contributed by atoms with Crippen molar-refractivity contribution in [1.29, 1.82) is 0 Å². The minimum absolute atomic E-state index is 0.0695. The molecule has 0 aliphatic carbocycles. The van der Waals surface area contributed by atoms with E-state index in [4.69, 9.17) is 4.74 Å². The number of amides is 1. The number of carbonyl (C=O) groups excluding carboxylic acids is 2. The quantitative estimate of drug-likeness (QED) is 0.837. The van der Waals surface area contributed by atoms with Crippen LogP contribution in [0.4, 0.5) is 5.69 Å². The summed E-state index contributed by atoms with van der Waals surface area (Å²) >= 11 is 0. The number of rotatable bonds is 4. The number of ketones is 1. The zero-order valence-corrected chi connectivity index (χ0v) is 11.4. The van der Waals surface area contributed by atoms with Gasteiger partial charge in [0, 0.05) is 24.9 Å². The Kier molecular flexibility index (Phi) is 4.20. The molecule has 0 unspecified atom stereocenters. The van der Waals surface area contributed by atoms with E-state index in [0.717, 1.165) is 12.8 Å². The zero-order valence-electron chi connectivity index (χ0n) is 11.4. The molecule has 19 heavy (non-hydrogen) atoms. The monoisotopic (exact) mass is 261 g/mol.